The second-order valence-electron chi connectivity index (χ2n) is 5.75. The number of carbonyl (C=O) groups excluding carboxylic acids is 2. The Morgan fingerprint density at radius 3 is 2.34 bits per heavy atom. The van der Waals surface area contributed by atoms with Crippen LogP contribution < -0.4 is 0 Å². The fourth-order valence-corrected chi connectivity index (χ4v) is 2.44. The van der Waals surface area contributed by atoms with E-state index in [9.17, 15) is 29.8 Å². The first-order valence-electron chi connectivity index (χ1n) is 8.25. The fraction of sp³-hybridized carbons (Fsp3) is 0.158. The standard InChI is InChI=1S/C19H16N2O8/c1-28-19(23)17(29-18(22)13-6-3-2-4-7-13)11-15(12-20(24)25)14-8-5-9-16(10-14)21(26)27/h2-11,15H,12H2,1H3/b17-11-/t15-/m0/s1. The average Bonchev–Trinajstić information content (AvgIpc) is 2.72. The van der Waals surface area contributed by atoms with Crippen LogP contribution in [0.1, 0.15) is 21.8 Å². The first kappa shape index (κ1) is 21.2. The van der Waals surface area contributed by atoms with Crippen LogP contribution in [0.2, 0.25) is 0 Å². The molecular formula is C19H16N2O8. The lowest BCUT2D eigenvalue weighted by Crippen LogP contribution is -2.17. The zero-order valence-electron chi connectivity index (χ0n) is 15.2. The first-order chi connectivity index (χ1) is 13.8. The molecule has 0 aliphatic heterocycles. The highest BCUT2D eigenvalue weighted by atomic mass is 16.6. The molecule has 0 bridgehead atoms. The lowest BCUT2D eigenvalue weighted by atomic mass is 9.97. The molecule has 0 amide bonds. The number of nitrogens with zero attached hydrogens (tertiary/aromatic N) is 2. The van der Waals surface area contributed by atoms with Crippen LogP contribution in [0.4, 0.5) is 5.69 Å². The molecule has 0 saturated heterocycles. The second kappa shape index (κ2) is 9.74. The fourth-order valence-electron chi connectivity index (χ4n) is 2.44. The van der Waals surface area contributed by atoms with Crippen molar-refractivity contribution in [3.63, 3.8) is 0 Å². The van der Waals surface area contributed by atoms with Crippen LogP contribution >= 0.6 is 0 Å². The predicted molar refractivity (Wildman–Crippen MR) is 99.7 cm³/mol. The maximum Gasteiger partial charge on any atom is 0.373 e. The molecule has 2 aromatic rings. The molecule has 0 aliphatic carbocycles. The summed E-state index contributed by atoms with van der Waals surface area (Å²) < 4.78 is 9.68. The molecule has 0 N–H and O–H groups in total. The highest BCUT2D eigenvalue weighted by molar-refractivity contribution is 5.95. The number of methoxy groups -OCH3 is 1. The van der Waals surface area contributed by atoms with Crippen LogP contribution in [0, 0.1) is 20.2 Å². The summed E-state index contributed by atoms with van der Waals surface area (Å²) in [5, 5.41) is 22.1. The highest BCUT2D eigenvalue weighted by Crippen LogP contribution is 2.24. The third kappa shape index (κ3) is 5.96. The van der Waals surface area contributed by atoms with Crippen molar-refractivity contribution in [1.82, 2.24) is 0 Å². The number of ether oxygens (including phenoxy) is 2. The van der Waals surface area contributed by atoms with Gasteiger partial charge in [-0.05, 0) is 23.8 Å². The highest BCUT2D eigenvalue weighted by Gasteiger charge is 2.24. The molecular weight excluding hydrogens is 384 g/mol. The van der Waals surface area contributed by atoms with Gasteiger partial charge in [0.1, 0.15) is 0 Å². The molecule has 0 aliphatic rings. The molecule has 0 spiro atoms. The predicted octanol–water partition coefficient (Wildman–Crippen LogP) is 2.87. The summed E-state index contributed by atoms with van der Waals surface area (Å²) in [6, 6.07) is 13.0. The van der Waals surface area contributed by atoms with Gasteiger partial charge in [-0.1, -0.05) is 30.3 Å². The molecule has 10 nitrogen and oxygen atoms in total. The normalized spacial score (nSPS) is 12.0. The van der Waals surface area contributed by atoms with E-state index in [0.717, 1.165) is 19.3 Å². The lowest BCUT2D eigenvalue weighted by Gasteiger charge is -2.12. The zero-order valence-corrected chi connectivity index (χ0v) is 15.2. The number of nitro groups is 2. The smallest absolute Gasteiger partial charge is 0.373 e. The summed E-state index contributed by atoms with van der Waals surface area (Å²) in [5.41, 5.74) is 0.0849. The number of nitro benzene ring substituents is 1. The Balaban J connectivity index is 2.43. The Kier molecular flexibility index (Phi) is 7.13. The van der Waals surface area contributed by atoms with Crippen molar-refractivity contribution in [3.8, 4) is 0 Å². The van der Waals surface area contributed by atoms with E-state index in [-0.39, 0.29) is 16.8 Å². The lowest BCUT2D eigenvalue weighted by molar-refractivity contribution is -0.481. The van der Waals surface area contributed by atoms with Gasteiger partial charge in [-0.3, -0.25) is 20.2 Å². The average molecular weight is 400 g/mol. The maximum absolute atomic E-state index is 12.3. The third-order valence-electron chi connectivity index (χ3n) is 3.81. The minimum Gasteiger partial charge on any atom is -0.463 e. The SMILES string of the molecule is COC(=O)/C(=C/[C@@H](C[N+](=O)[O-])c1cccc([N+](=O)[O-])c1)OC(=O)c1ccccc1. The number of esters is 2. The van der Waals surface area contributed by atoms with Gasteiger partial charge in [-0.2, -0.15) is 0 Å². The van der Waals surface area contributed by atoms with Gasteiger partial charge in [0.15, 0.2) is 0 Å². The van der Waals surface area contributed by atoms with E-state index >= 15 is 0 Å². The van der Waals surface area contributed by atoms with Crippen LogP contribution in [0.3, 0.4) is 0 Å². The van der Waals surface area contributed by atoms with Crippen LogP contribution in [0.15, 0.2) is 66.4 Å². The van der Waals surface area contributed by atoms with Gasteiger partial charge < -0.3 is 9.47 Å². The Labute approximate surface area is 164 Å². The van der Waals surface area contributed by atoms with Crippen molar-refractivity contribution in [2.75, 3.05) is 13.7 Å². The summed E-state index contributed by atoms with van der Waals surface area (Å²) in [7, 11) is 1.06. The van der Waals surface area contributed by atoms with Crippen LogP contribution in [0.5, 0.6) is 0 Å². The summed E-state index contributed by atoms with van der Waals surface area (Å²) in [6.45, 7) is -0.690. The number of rotatable bonds is 8. The molecule has 10 heteroatoms. The molecule has 0 radical (unpaired) electrons. The topological polar surface area (TPSA) is 139 Å². The zero-order chi connectivity index (χ0) is 21.4. The van der Waals surface area contributed by atoms with Gasteiger partial charge in [0.2, 0.25) is 12.3 Å². The minimum absolute atomic E-state index is 0.156. The van der Waals surface area contributed by atoms with E-state index in [0.29, 0.717) is 0 Å². The maximum atomic E-state index is 12.3. The molecule has 150 valence electrons. The molecule has 2 aromatic carbocycles. The first-order valence-corrected chi connectivity index (χ1v) is 8.25. The van der Waals surface area contributed by atoms with Gasteiger partial charge in [-0.15, -0.1) is 0 Å². The largest absolute Gasteiger partial charge is 0.463 e. The van der Waals surface area contributed by atoms with E-state index in [1.54, 1.807) is 18.2 Å². The third-order valence-corrected chi connectivity index (χ3v) is 3.81. The van der Waals surface area contributed by atoms with E-state index in [1.807, 2.05) is 0 Å². The minimum atomic E-state index is -1.08. The van der Waals surface area contributed by atoms with Gasteiger partial charge in [-0.25, -0.2) is 9.59 Å². The van der Waals surface area contributed by atoms with E-state index in [4.69, 9.17) is 4.74 Å². The number of carbonyl (C=O) groups is 2. The number of benzene rings is 2. The van der Waals surface area contributed by atoms with Crippen molar-refractivity contribution in [2.45, 2.75) is 5.92 Å². The van der Waals surface area contributed by atoms with Crippen molar-refractivity contribution < 1.29 is 28.9 Å². The van der Waals surface area contributed by atoms with Gasteiger partial charge in [0.25, 0.3) is 5.69 Å². The Hall–Kier alpha value is -4.08. The van der Waals surface area contributed by atoms with Gasteiger partial charge in [0.05, 0.1) is 23.5 Å². The van der Waals surface area contributed by atoms with Crippen molar-refractivity contribution in [1.29, 1.82) is 0 Å². The monoisotopic (exact) mass is 400 g/mol. The Morgan fingerprint density at radius 1 is 1.07 bits per heavy atom. The van der Waals surface area contributed by atoms with Crippen molar-refractivity contribution >= 4 is 17.6 Å². The van der Waals surface area contributed by atoms with E-state index < -0.39 is 40.0 Å². The van der Waals surface area contributed by atoms with Crippen molar-refractivity contribution in [2.24, 2.45) is 0 Å². The summed E-state index contributed by atoms with van der Waals surface area (Å²) >= 11 is 0. The Bertz CT molecular complexity index is 956. The molecule has 2 rings (SSSR count). The van der Waals surface area contributed by atoms with Gasteiger partial charge >= 0.3 is 11.9 Å². The summed E-state index contributed by atoms with van der Waals surface area (Å²) in [4.78, 5) is 45.1. The molecule has 0 aromatic heterocycles. The molecule has 0 saturated carbocycles. The summed E-state index contributed by atoms with van der Waals surface area (Å²) in [5.74, 6) is -3.52. The molecule has 0 unspecified atom stereocenters. The van der Waals surface area contributed by atoms with Gasteiger partial charge in [0, 0.05) is 17.1 Å². The van der Waals surface area contributed by atoms with Crippen LogP contribution in [0.25, 0.3) is 0 Å². The Morgan fingerprint density at radius 2 is 1.76 bits per heavy atom. The summed E-state index contributed by atoms with van der Waals surface area (Å²) in [6.07, 6.45) is 1.05. The number of non-ortho nitro benzene ring substituents is 1. The van der Waals surface area contributed by atoms with E-state index in [2.05, 4.69) is 4.74 Å². The van der Waals surface area contributed by atoms with Crippen LogP contribution in [-0.2, 0) is 14.3 Å². The van der Waals surface area contributed by atoms with Crippen molar-refractivity contribution in [3.05, 3.63) is 97.8 Å². The van der Waals surface area contributed by atoms with Crippen LogP contribution in [-0.4, -0.2) is 35.4 Å². The molecule has 0 fully saturated rings. The molecule has 1 atom stereocenters. The quantitative estimate of drug-likeness (QED) is 0.217. The number of hydrogen-bond donors (Lipinski definition) is 0. The molecule has 29 heavy (non-hydrogen) atoms. The van der Waals surface area contributed by atoms with E-state index in [1.165, 1.54) is 30.3 Å². The molecule has 0 heterocycles. The number of hydrogen-bond acceptors (Lipinski definition) is 8. The second-order valence-corrected chi connectivity index (χ2v) is 5.75.